The Kier molecular flexibility index (Phi) is 11.4. The zero-order valence-electron chi connectivity index (χ0n) is 32.3. The molecule has 3 heterocycles. The van der Waals surface area contributed by atoms with Crippen molar-refractivity contribution in [2.75, 3.05) is 18.5 Å². The average Bonchev–Trinajstić information content (AvgIpc) is 3.44. The summed E-state index contributed by atoms with van der Waals surface area (Å²) in [6.45, 7) is 13.5. The maximum Gasteiger partial charge on any atom is 0.330 e. The number of nitrogens with zero attached hydrogens (tertiary/aromatic N) is 4. The van der Waals surface area contributed by atoms with Crippen molar-refractivity contribution in [1.82, 2.24) is 24.8 Å². The minimum atomic E-state index is -1.90. The number of para-hydroxylation sites is 1. The number of rotatable bonds is 13. The quantitative estimate of drug-likeness (QED) is 0.0907. The fourth-order valence-corrected chi connectivity index (χ4v) is 6.68. The van der Waals surface area contributed by atoms with Gasteiger partial charge in [0.25, 0.3) is 23.3 Å². The predicted octanol–water partition coefficient (Wildman–Crippen LogP) is 7.82. The summed E-state index contributed by atoms with van der Waals surface area (Å²) < 4.78 is 6.97. The molecule has 2 aromatic heterocycles. The highest BCUT2D eigenvalue weighted by atomic mass is 35.5. The molecule has 1 aliphatic heterocycles. The van der Waals surface area contributed by atoms with Crippen molar-refractivity contribution < 1.29 is 23.9 Å². The predicted molar refractivity (Wildman–Crippen MR) is 216 cm³/mol. The van der Waals surface area contributed by atoms with Crippen molar-refractivity contribution in [2.24, 2.45) is 0 Å². The number of anilines is 1. The summed E-state index contributed by atoms with van der Waals surface area (Å²) in [5, 5.41) is 5.57. The molecule has 2 N–H and O–H groups in total. The standard InChI is InChI=1S/C43H45ClN6O6/c1-7-42(3,4)26-20-21-33(30(25-26)43(5,6)8-2)56-24-14-23-46-41(55)50-36(48-35-29(40(50)54)17-13-22-45-35)34(37(51)47-32-19-12-11-18-31(32)44)49-38(52)27-15-9-10-16-28(27)39(49)53/h9-13,15-22,25,34H,7-8,14,23-24H2,1-6H3,(H,46,55)(H,47,51). The van der Waals surface area contributed by atoms with Gasteiger partial charge in [0.1, 0.15) is 5.75 Å². The first-order valence-electron chi connectivity index (χ1n) is 18.7. The van der Waals surface area contributed by atoms with Crippen LogP contribution in [0.5, 0.6) is 5.75 Å². The molecule has 3 aromatic carbocycles. The number of hydrogen-bond donors (Lipinski definition) is 2. The largest absolute Gasteiger partial charge is 0.493 e. The summed E-state index contributed by atoms with van der Waals surface area (Å²) in [6, 6.07) is 19.0. The molecule has 290 valence electrons. The van der Waals surface area contributed by atoms with Crippen LogP contribution < -0.4 is 20.9 Å². The Hall–Kier alpha value is -5.88. The molecule has 0 spiro atoms. The van der Waals surface area contributed by atoms with Gasteiger partial charge in [0.15, 0.2) is 17.5 Å². The zero-order chi connectivity index (χ0) is 40.4. The number of carbonyl (C=O) groups excluding carboxylic acids is 4. The number of carbonyl (C=O) groups is 4. The van der Waals surface area contributed by atoms with Gasteiger partial charge in [-0.25, -0.2) is 19.3 Å². The lowest BCUT2D eigenvalue weighted by Gasteiger charge is -2.30. The second-order valence-corrected chi connectivity index (χ2v) is 15.4. The lowest BCUT2D eigenvalue weighted by Crippen LogP contribution is -2.47. The second kappa shape index (κ2) is 16.1. The third-order valence-electron chi connectivity index (χ3n) is 10.7. The van der Waals surface area contributed by atoms with E-state index in [0.717, 1.165) is 24.2 Å². The van der Waals surface area contributed by atoms with Gasteiger partial charge in [-0.05, 0) is 78.1 Å². The Balaban J connectivity index is 1.32. The van der Waals surface area contributed by atoms with Crippen LogP contribution in [-0.4, -0.2) is 56.3 Å². The van der Waals surface area contributed by atoms with Crippen LogP contribution in [0, 0.1) is 0 Å². The number of ether oxygens (including phenoxy) is 1. The van der Waals surface area contributed by atoms with Crippen molar-refractivity contribution in [1.29, 1.82) is 0 Å². The first-order valence-corrected chi connectivity index (χ1v) is 19.0. The SMILES string of the molecule is CCC(C)(C)c1ccc(OCCCNC(=O)n2c(C(C(=O)Nc3ccccc3Cl)N3C(=O)c4ccccc4C3=O)nc3ncccc3c2=O)c(C(C)(C)CC)c1. The van der Waals surface area contributed by atoms with Crippen LogP contribution in [0.15, 0.2) is 89.9 Å². The first-order chi connectivity index (χ1) is 26.7. The van der Waals surface area contributed by atoms with E-state index in [0.29, 0.717) is 15.9 Å². The van der Waals surface area contributed by atoms with Gasteiger partial charge in [-0.15, -0.1) is 0 Å². The van der Waals surface area contributed by atoms with E-state index in [9.17, 15) is 24.0 Å². The van der Waals surface area contributed by atoms with Gasteiger partial charge < -0.3 is 15.4 Å². The van der Waals surface area contributed by atoms with E-state index in [1.54, 1.807) is 30.3 Å². The fourth-order valence-electron chi connectivity index (χ4n) is 6.50. The maximum absolute atomic E-state index is 14.3. The minimum absolute atomic E-state index is 0.000381. The van der Waals surface area contributed by atoms with Crippen LogP contribution in [-0.2, 0) is 15.6 Å². The van der Waals surface area contributed by atoms with E-state index in [-0.39, 0.29) is 56.9 Å². The van der Waals surface area contributed by atoms with Crippen molar-refractivity contribution in [3.8, 4) is 5.75 Å². The van der Waals surface area contributed by atoms with E-state index in [2.05, 4.69) is 74.3 Å². The molecule has 0 radical (unpaired) electrons. The third kappa shape index (κ3) is 7.66. The molecule has 5 aromatic rings. The molecule has 0 saturated carbocycles. The normalized spacial score (nSPS) is 13.4. The van der Waals surface area contributed by atoms with Crippen LogP contribution in [0.2, 0.25) is 5.02 Å². The first kappa shape index (κ1) is 39.8. The minimum Gasteiger partial charge on any atom is -0.493 e. The van der Waals surface area contributed by atoms with E-state index < -0.39 is 41.2 Å². The van der Waals surface area contributed by atoms with Gasteiger partial charge in [0, 0.05) is 18.3 Å². The monoisotopic (exact) mass is 776 g/mol. The maximum atomic E-state index is 14.3. The highest BCUT2D eigenvalue weighted by molar-refractivity contribution is 6.33. The van der Waals surface area contributed by atoms with E-state index in [4.69, 9.17) is 16.3 Å². The molecular formula is C43H45ClN6O6. The van der Waals surface area contributed by atoms with Crippen LogP contribution >= 0.6 is 11.6 Å². The summed E-state index contributed by atoms with van der Waals surface area (Å²) in [5.41, 5.74) is 1.54. The van der Waals surface area contributed by atoms with E-state index in [1.807, 2.05) is 6.07 Å². The smallest absolute Gasteiger partial charge is 0.330 e. The lowest BCUT2D eigenvalue weighted by molar-refractivity contribution is -0.120. The molecule has 0 saturated heterocycles. The average molecular weight is 777 g/mol. The number of imide groups is 1. The van der Waals surface area contributed by atoms with Gasteiger partial charge >= 0.3 is 6.03 Å². The van der Waals surface area contributed by atoms with Crippen molar-refractivity contribution in [3.05, 3.63) is 129 Å². The molecule has 0 bridgehead atoms. The second-order valence-electron chi connectivity index (χ2n) is 15.0. The van der Waals surface area contributed by atoms with Crippen molar-refractivity contribution in [2.45, 2.75) is 77.7 Å². The molecule has 6 rings (SSSR count). The summed E-state index contributed by atoms with van der Waals surface area (Å²) in [5.74, 6) is -2.28. The Morgan fingerprint density at radius 3 is 2.18 bits per heavy atom. The molecule has 1 unspecified atom stereocenters. The van der Waals surface area contributed by atoms with Gasteiger partial charge in [0.05, 0.1) is 33.8 Å². The number of benzene rings is 3. The Labute approximate surface area is 330 Å². The lowest BCUT2D eigenvalue weighted by atomic mass is 9.76. The molecular weight excluding hydrogens is 732 g/mol. The zero-order valence-corrected chi connectivity index (χ0v) is 33.1. The number of amides is 4. The molecule has 1 atom stereocenters. The topological polar surface area (TPSA) is 153 Å². The molecule has 0 fully saturated rings. The summed E-state index contributed by atoms with van der Waals surface area (Å²) in [4.78, 5) is 79.7. The van der Waals surface area contributed by atoms with Gasteiger partial charge in [-0.1, -0.05) is 89.5 Å². The summed E-state index contributed by atoms with van der Waals surface area (Å²) in [6.07, 6.45) is 3.65. The molecule has 0 aliphatic carbocycles. The Bertz CT molecular complexity index is 2370. The van der Waals surface area contributed by atoms with E-state index >= 15 is 0 Å². The number of halogens is 1. The van der Waals surface area contributed by atoms with Crippen LogP contribution in [0.25, 0.3) is 11.0 Å². The van der Waals surface area contributed by atoms with Crippen molar-refractivity contribution in [3.63, 3.8) is 0 Å². The Morgan fingerprint density at radius 1 is 0.857 bits per heavy atom. The third-order valence-corrected chi connectivity index (χ3v) is 11.0. The number of aromatic nitrogens is 3. The highest BCUT2D eigenvalue weighted by Gasteiger charge is 2.46. The Morgan fingerprint density at radius 2 is 1.52 bits per heavy atom. The van der Waals surface area contributed by atoms with E-state index in [1.165, 1.54) is 42.1 Å². The highest BCUT2D eigenvalue weighted by Crippen LogP contribution is 2.39. The van der Waals surface area contributed by atoms with Gasteiger partial charge in [0.2, 0.25) is 0 Å². The molecule has 12 nitrogen and oxygen atoms in total. The molecule has 1 aliphatic rings. The fraction of sp³-hybridized carbons (Fsp3) is 0.326. The number of fused-ring (bicyclic) bond motifs is 2. The number of hydrogen-bond acceptors (Lipinski definition) is 8. The number of nitrogens with one attached hydrogen (secondary N) is 2. The van der Waals surface area contributed by atoms with Crippen LogP contribution in [0.4, 0.5) is 10.5 Å². The van der Waals surface area contributed by atoms with Crippen molar-refractivity contribution >= 4 is 52.1 Å². The van der Waals surface area contributed by atoms with Crippen LogP contribution in [0.3, 0.4) is 0 Å². The number of pyridine rings is 1. The molecule has 13 heteroatoms. The van der Waals surface area contributed by atoms with Crippen LogP contribution in [0.1, 0.15) is 105 Å². The molecule has 4 amide bonds. The van der Waals surface area contributed by atoms with Gasteiger partial charge in [-0.3, -0.25) is 24.1 Å². The molecule has 56 heavy (non-hydrogen) atoms. The van der Waals surface area contributed by atoms with Gasteiger partial charge in [-0.2, -0.15) is 0 Å². The summed E-state index contributed by atoms with van der Waals surface area (Å²) in [7, 11) is 0. The summed E-state index contributed by atoms with van der Waals surface area (Å²) >= 11 is 6.37.